The molecule has 2 unspecified atom stereocenters. The maximum atomic E-state index is 12.0. The van der Waals surface area contributed by atoms with Crippen molar-refractivity contribution in [1.29, 1.82) is 0 Å². The summed E-state index contributed by atoms with van der Waals surface area (Å²) in [6.45, 7) is 6.31. The molecule has 0 aromatic carbocycles. The Morgan fingerprint density at radius 3 is 2.78 bits per heavy atom. The minimum absolute atomic E-state index is 0.0240. The molecular formula is C14H28N2O2. The molecule has 18 heavy (non-hydrogen) atoms. The Morgan fingerprint density at radius 2 is 2.17 bits per heavy atom. The van der Waals surface area contributed by atoms with Crippen molar-refractivity contribution in [2.75, 3.05) is 26.2 Å². The van der Waals surface area contributed by atoms with Crippen LogP contribution in [0.3, 0.4) is 0 Å². The van der Waals surface area contributed by atoms with Gasteiger partial charge in [0.1, 0.15) is 0 Å². The second-order valence-corrected chi connectivity index (χ2v) is 5.53. The molecule has 2 atom stereocenters. The molecule has 1 aliphatic carbocycles. The largest absolute Gasteiger partial charge is 0.395 e. The first-order valence-corrected chi connectivity index (χ1v) is 7.31. The normalized spacial score (nSPS) is 23.7. The van der Waals surface area contributed by atoms with E-state index in [2.05, 4.69) is 12.2 Å². The molecule has 1 rings (SSSR count). The molecule has 0 saturated heterocycles. The molecule has 0 heterocycles. The van der Waals surface area contributed by atoms with E-state index in [4.69, 9.17) is 5.11 Å². The van der Waals surface area contributed by atoms with E-state index in [9.17, 15) is 4.79 Å². The van der Waals surface area contributed by atoms with Gasteiger partial charge in [-0.25, -0.2) is 4.79 Å². The molecule has 1 saturated carbocycles. The SMILES string of the molecule is CCCN(CCO)C(=O)NCC1CCCC(C)C1. The molecule has 4 nitrogen and oxygen atoms in total. The molecule has 2 amide bonds. The van der Waals surface area contributed by atoms with Crippen LogP contribution in [0, 0.1) is 11.8 Å². The number of carbonyl (C=O) groups excluding carboxylic acids is 1. The monoisotopic (exact) mass is 256 g/mol. The first-order valence-electron chi connectivity index (χ1n) is 7.31. The lowest BCUT2D eigenvalue weighted by Crippen LogP contribution is -2.43. The van der Waals surface area contributed by atoms with Gasteiger partial charge in [0.2, 0.25) is 0 Å². The van der Waals surface area contributed by atoms with Gasteiger partial charge >= 0.3 is 6.03 Å². The van der Waals surface area contributed by atoms with E-state index < -0.39 is 0 Å². The summed E-state index contributed by atoms with van der Waals surface area (Å²) in [5, 5.41) is 12.0. The van der Waals surface area contributed by atoms with Crippen LogP contribution in [-0.4, -0.2) is 42.3 Å². The van der Waals surface area contributed by atoms with Crippen LogP contribution >= 0.6 is 0 Å². The molecule has 0 aromatic rings. The molecule has 106 valence electrons. The third kappa shape index (κ3) is 5.25. The number of aliphatic hydroxyl groups is 1. The van der Waals surface area contributed by atoms with Gasteiger partial charge in [-0.15, -0.1) is 0 Å². The van der Waals surface area contributed by atoms with Crippen molar-refractivity contribution in [2.45, 2.75) is 46.0 Å². The van der Waals surface area contributed by atoms with Gasteiger partial charge in [0.25, 0.3) is 0 Å². The predicted octanol–water partition coefficient (Wildman–Crippen LogP) is 2.23. The molecule has 4 heteroatoms. The molecule has 0 radical (unpaired) electrons. The van der Waals surface area contributed by atoms with Crippen LogP contribution in [0.2, 0.25) is 0 Å². The Balaban J connectivity index is 2.29. The van der Waals surface area contributed by atoms with Gasteiger partial charge in [0.15, 0.2) is 0 Å². The maximum Gasteiger partial charge on any atom is 0.317 e. The third-order valence-electron chi connectivity index (χ3n) is 3.74. The molecule has 0 spiro atoms. The summed E-state index contributed by atoms with van der Waals surface area (Å²) in [4.78, 5) is 13.7. The number of nitrogens with zero attached hydrogens (tertiary/aromatic N) is 1. The number of aliphatic hydroxyl groups excluding tert-OH is 1. The van der Waals surface area contributed by atoms with E-state index in [1.807, 2.05) is 6.92 Å². The summed E-state index contributed by atoms with van der Waals surface area (Å²) in [5.74, 6) is 1.43. The number of hydrogen-bond acceptors (Lipinski definition) is 2. The summed E-state index contributed by atoms with van der Waals surface area (Å²) < 4.78 is 0. The van der Waals surface area contributed by atoms with E-state index in [1.54, 1.807) is 4.90 Å². The Bertz CT molecular complexity index is 240. The molecule has 2 N–H and O–H groups in total. The average molecular weight is 256 g/mol. The first-order chi connectivity index (χ1) is 8.67. The lowest BCUT2D eigenvalue weighted by molar-refractivity contribution is 0.173. The zero-order valence-corrected chi connectivity index (χ0v) is 11.8. The van der Waals surface area contributed by atoms with Crippen molar-refractivity contribution < 1.29 is 9.90 Å². The Labute approximate surface area is 111 Å². The zero-order chi connectivity index (χ0) is 13.4. The summed E-state index contributed by atoms with van der Waals surface area (Å²) in [6.07, 6.45) is 6.01. The first kappa shape index (κ1) is 15.3. The summed E-state index contributed by atoms with van der Waals surface area (Å²) in [6, 6.07) is -0.0240. The summed E-state index contributed by atoms with van der Waals surface area (Å²) >= 11 is 0. The van der Waals surface area contributed by atoms with Gasteiger partial charge in [0.05, 0.1) is 6.61 Å². The minimum Gasteiger partial charge on any atom is -0.395 e. The van der Waals surface area contributed by atoms with E-state index in [1.165, 1.54) is 25.7 Å². The topological polar surface area (TPSA) is 52.6 Å². The predicted molar refractivity (Wildman–Crippen MR) is 73.5 cm³/mol. The highest BCUT2D eigenvalue weighted by molar-refractivity contribution is 5.74. The fraction of sp³-hybridized carbons (Fsp3) is 0.929. The van der Waals surface area contributed by atoms with Gasteiger partial charge < -0.3 is 15.3 Å². The lowest BCUT2D eigenvalue weighted by Gasteiger charge is -2.28. The van der Waals surface area contributed by atoms with Crippen molar-refractivity contribution in [3.05, 3.63) is 0 Å². The summed E-state index contributed by atoms with van der Waals surface area (Å²) in [5.41, 5.74) is 0. The number of hydrogen-bond donors (Lipinski definition) is 2. The van der Waals surface area contributed by atoms with Crippen LogP contribution in [0.5, 0.6) is 0 Å². The quantitative estimate of drug-likeness (QED) is 0.765. The van der Waals surface area contributed by atoms with Crippen LogP contribution in [0.25, 0.3) is 0 Å². The smallest absolute Gasteiger partial charge is 0.317 e. The second-order valence-electron chi connectivity index (χ2n) is 5.53. The van der Waals surface area contributed by atoms with Crippen molar-refractivity contribution >= 4 is 6.03 Å². The Hall–Kier alpha value is -0.770. The molecule has 1 fully saturated rings. The Morgan fingerprint density at radius 1 is 1.39 bits per heavy atom. The lowest BCUT2D eigenvalue weighted by atomic mass is 9.82. The highest BCUT2D eigenvalue weighted by atomic mass is 16.3. The van der Waals surface area contributed by atoms with E-state index in [-0.39, 0.29) is 12.6 Å². The molecular weight excluding hydrogens is 228 g/mol. The number of carbonyl (C=O) groups is 1. The third-order valence-corrected chi connectivity index (χ3v) is 3.74. The van der Waals surface area contributed by atoms with Crippen molar-refractivity contribution in [3.8, 4) is 0 Å². The van der Waals surface area contributed by atoms with Crippen LogP contribution in [-0.2, 0) is 0 Å². The number of urea groups is 1. The van der Waals surface area contributed by atoms with Crippen LogP contribution < -0.4 is 5.32 Å². The van der Waals surface area contributed by atoms with Crippen LogP contribution in [0.15, 0.2) is 0 Å². The molecule has 0 bridgehead atoms. The van der Waals surface area contributed by atoms with Gasteiger partial charge in [-0.1, -0.05) is 26.7 Å². The summed E-state index contributed by atoms with van der Waals surface area (Å²) in [7, 11) is 0. The van der Waals surface area contributed by atoms with E-state index >= 15 is 0 Å². The number of rotatable bonds is 6. The average Bonchev–Trinajstić information content (AvgIpc) is 2.36. The van der Waals surface area contributed by atoms with Crippen LogP contribution in [0.1, 0.15) is 46.0 Å². The van der Waals surface area contributed by atoms with E-state index in [0.29, 0.717) is 19.0 Å². The standard InChI is InChI=1S/C14H28N2O2/c1-3-7-16(8-9-17)14(18)15-11-13-6-4-5-12(2)10-13/h12-13,17H,3-11H2,1-2H3,(H,15,18). The number of amides is 2. The van der Waals surface area contributed by atoms with Crippen LogP contribution in [0.4, 0.5) is 4.79 Å². The second kappa shape index (κ2) is 8.35. The van der Waals surface area contributed by atoms with Crippen molar-refractivity contribution in [3.63, 3.8) is 0 Å². The molecule has 1 aliphatic rings. The Kier molecular flexibility index (Phi) is 7.09. The number of nitrogens with one attached hydrogen (secondary N) is 1. The van der Waals surface area contributed by atoms with E-state index in [0.717, 1.165) is 18.9 Å². The van der Waals surface area contributed by atoms with Crippen molar-refractivity contribution in [1.82, 2.24) is 10.2 Å². The van der Waals surface area contributed by atoms with Crippen molar-refractivity contribution in [2.24, 2.45) is 11.8 Å². The van der Waals surface area contributed by atoms with Gasteiger partial charge in [-0.05, 0) is 31.1 Å². The fourth-order valence-corrected chi connectivity index (χ4v) is 2.79. The minimum atomic E-state index is -0.0240. The van der Waals surface area contributed by atoms with Gasteiger partial charge in [-0.3, -0.25) is 0 Å². The molecule has 0 aromatic heterocycles. The highest BCUT2D eigenvalue weighted by Crippen LogP contribution is 2.27. The molecule has 0 aliphatic heterocycles. The highest BCUT2D eigenvalue weighted by Gasteiger charge is 2.20. The van der Waals surface area contributed by atoms with Gasteiger partial charge in [0, 0.05) is 19.6 Å². The van der Waals surface area contributed by atoms with Gasteiger partial charge in [-0.2, -0.15) is 0 Å². The fourth-order valence-electron chi connectivity index (χ4n) is 2.79. The maximum absolute atomic E-state index is 12.0. The zero-order valence-electron chi connectivity index (χ0n) is 11.8.